The van der Waals surface area contributed by atoms with Crippen LogP contribution >= 0.6 is 0 Å². The van der Waals surface area contributed by atoms with Crippen molar-refractivity contribution in [3.63, 3.8) is 0 Å². The summed E-state index contributed by atoms with van der Waals surface area (Å²) in [4.78, 5) is 21.3. The highest BCUT2D eigenvalue weighted by Gasteiger charge is 2.11. The van der Waals surface area contributed by atoms with Crippen LogP contribution in [0.4, 0.5) is 0 Å². The molecule has 0 unspecified atom stereocenters. The van der Waals surface area contributed by atoms with Crippen molar-refractivity contribution < 1.29 is 34.8 Å². The summed E-state index contributed by atoms with van der Waals surface area (Å²) in [6, 6.07) is 10.9. The molecule has 4 N–H and O–H groups in total. The molecule has 2 rings (SSSR count). The Kier molecular flexibility index (Phi) is 6.37. The SMILES string of the molecule is C=C(C(=O)OC)c1ccccc1.O=C(O)c1cc(O)c(O)c(O)c1. The molecule has 0 fully saturated rings. The van der Waals surface area contributed by atoms with Crippen LogP contribution in [0.2, 0.25) is 0 Å². The molecule has 0 amide bonds. The zero-order valence-corrected chi connectivity index (χ0v) is 12.8. The minimum atomic E-state index is -1.29. The van der Waals surface area contributed by atoms with Gasteiger partial charge in [-0.2, -0.15) is 0 Å². The molecule has 0 heterocycles. The normalized spacial score (nSPS) is 9.38. The van der Waals surface area contributed by atoms with Gasteiger partial charge in [-0.05, 0) is 17.7 Å². The van der Waals surface area contributed by atoms with Gasteiger partial charge in [-0.3, -0.25) is 0 Å². The number of esters is 1. The van der Waals surface area contributed by atoms with E-state index in [2.05, 4.69) is 11.3 Å². The van der Waals surface area contributed by atoms with E-state index < -0.39 is 23.2 Å². The molecule has 0 aliphatic heterocycles. The number of rotatable bonds is 3. The summed E-state index contributed by atoms with van der Waals surface area (Å²) in [5.74, 6) is -3.72. The van der Waals surface area contributed by atoms with E-state index in [0.717, 1.165) is 17.7 Å². The zero-order chi connectivity index (χ0) is 18.3. The highest BCUT2D eigenvalue weighted by Crippen LogP contribution is 2.35. The minimum Gasteiger partial charge on any atom is -0.504 e. The summed E-state index contributed by atoms with van der Waals surface area (Å²) in [5, 5.41) is 35.0. The Labute approximate surface area is 137 Å². The molecule has 24 heavy (non-hydrogen) atoms. The average molecular weight is 332 g/mol. The van der Waals surface area contributed by atoms with Gasteiger partial charge in [0.2, 0.25) is 0 Å². The van der Waals surface area contributed by atoms with Crippen molar-refractivity contribution in [2.75, 3.05) is 7.11 Å². The Morgan fingerprint density at radius 2 is 1.46 bits per heavy atom. The highest BCUT2D eigenvalue weighted by molar-refractivity contribution is 6.15. The molecule has 7 nitrogen and oxygen atoms in total. The lowest BCUT2D eigenvalue weighted by Gasteiger charge is -2.01. The van der Waals surface area contributed by atoms with Gasteiger partial charge in [0.1, 0.15) is 0 Å². The van der Waals surface area contributed by atoms with Gasteiger partial charge >= 0.3 is 11.9 Å². The summed E-state index contributed by atoms with van der Waals surface area (Å²) in [5.41, 5.74) is 0.894. The van der Waals surface area contributed by atoms with Crippen LogP contribution in [0.5, 0.6) is 17.2 Å². The smallest absolute Gasteiger partial charge is 0.337 e. The molecule has 0 atom stereocenters. The first kappa shape index (κ1) is 18.6. The zero-order valence-electron chi connectivity index (χ0n) is 12.8. The van der Waals surface area contributed by atoms with Crippen LogP contribution in [0.3, 0.4) is 0 Å². The monoisotopic (exact) mass is 332 g/mol. The van der Waals surface area contributed by atoms with Crippen molar-refractivity contribution >= 4 is 17.5 Å². The number of ether oxygens (including phenoxy) is 1. The van der Waals surface area contributed by atoms with Gasteiger partial charge in [-0.25, -0.2) is 9.59 Å². The van der Waals surface area contributed by atoms with E-state index >= 15 is 0 Å². The van der Waals surface area contributed by atoms with Crippen LogP contribution < -0.4 is 0 Å². The summed E-state index contributed by atoms with van der Waals surface area (Å²) >= 11 is 0. The van der Waals surface area contributed by atoms with Crippen molar-refractivity contribution in [2.45, 2.75) is 0 Å². The summed E-state index contributed by atoms with van der Waals surface area (Å²) in [7, 11) is 1.34. The van der Waals surface area contributed by atoms with Crippen LogP contribution in [0.1, 0.15) is 15.9 Å². The predicted octanol–water partition coefficient (Wildman–Crippen LogP) is 2.37. The number of carboxylic acids is 1. The molecule has 0 aromatic heterocycles. The fourth-order valence-corrected chi connectivity index (χ4v) is 1.61. The average Bonchev–Trinajstić information content (AvgIpc) is 2.59. The van der Waals surface area contributed by atoms with Crippen LogP contribution in [0.25, 0.3) is 5.57 Å². The second kappa shape index (κ2) is 8.23. The summed E-state index contributed by atoms with van der Waals surface area (Å²) in [6.07, 6.45) is 0. The standard InChI is InChI=1S/C10H10O2.C7H6O5/c1-8(10(11)12-2)9-6-4-3-5-7-9;8-4-1-3(7(11)12)2-5(9)6(4)10/h3-7H,1H2,2H3;1-2,8-10H,(H,11,12). The quantitative estimate of drug-likeness (QED) is 0.386. The number of carboxylic acid groups (broad SMARTS) is 1. The van der Waals surface area contributed by atoms with Crippen molar-refractivity contribution in [3.05, 3.63) is 60.2 Å². The Bertz CT molecular complexity index is 728. The molecule has 2 aromatic rings. The molecular weight excluding hydrogens is 316 g/mol. The molecule has 0 radical (unpaired) electrons. The number of aromatic carboxylic acids is 1. The van der Waals surface area contributed by atoms with Crippen molar-refractivity contribution in [1.29, 1.82) is 0 Å². The number of phenols is 3. The van der Waals surface area contributed by atoms with E-state index in [1.165, 1.54) is 7.11 Å². The van der Waals surface area contributed by atoms with Crippen LogP contribution in [0.15, 0.2) is 49.0 Å². The van der Waals surface area contributed by atoms with Crippen LogP contribution in [-0.4, -0.2) is 39.5 Å². The topological polar surface area (TPSA) is 124 Å². The Hall–Kier alpha value is -3.48. The second-order valence-electron chi connectivity index (χ2n) is 4.50. The second-order valence-corrected chi connectivity index (χ2v) is 4.50. The third-order valence-electron chi connectivity index (χ3n) is 2.87. The Balaban J connectivity index is 0.000000240. The predicted molar refractivity (Wildman–Crippen MR) is 85.9 cm³/mol. The number of methoxy groups -OCH3 is 1. The lowest BCUT2D eigenvalue weighted by Crippen LogP contribution is -2.01. The Morgan fingerprint density at radius 1 is 0.958 bits per heavy atom. The number of carbonyl (C=O) groups excluding carboxylic acids is 1. The molecule has 0 spiro atoms. The van der Waals surface area contributed by atoms with Gasteiger partial charge in [-0.15, -0.1) is 0 Å². The Morgan fingerprint density at radius 3 is 1.88 bits per heavy atom. The molecule has 0 saturated heterocycles. The van der Waals surface area contributed by atoms with E-state index in [4.69, 9.17) is 20.4 Å². The molecule has 2 aromatic carbocycles. The maximum atomic E-state index is 11.0. The summed E-state index contributed by atoms with van der Waals surface area (Å²) in [6.45, 7) is 3.62. The lowest BCUT2D eigenvalue weighted by atomic mass is 10.1. The number of hydrogen-bond acceptors (Lipinski definition) is 6. The van der Waals surface area contributed by atoms with E-state index in [1.807, 2.05) is 30.3 Å². The molecule has 0 aliphatic carbocycles. The van der Waals surface area contributed by atoms with Gasteiger partial charge in [0.05, 0.1) is 18.2 Å². The maximum absolute atomic E-state index is 11.0. The first-order valence-electron chi connectivity index (χ1n) is 6.58. The van der Waals surface area contributed by atoms with E-state index in [0.29, 0.717) is 5.57 Å². The van der Waals surface area contributed by atoms with Gasteiger partial charge in [-0.1, -0.05) is 36.9 Å². The molecular formula is C17H16O7. The van der Waals surface area contributed by atoms with Crippen molar-refractivity contribution in [1.82, 2.24) is 0 Å². The highest BCUT2D eigenvalue weighted by atomic mass is 16.5. The third kappa shape index (κ3) is 4.77. The summed E-state index contributed by atoms with van der Waals surface area (Å²) < 4.78 is 4.53. The first-order chi connectivity index (χ1) is 11.3. The maximum Gasteiger partial charge on any atom is 0.337 e. The van der Waals surface area contributed by atoms with E-state index in [-0.39, 0.29) is 11.5 Å². The number of phenolic OH excluding ortho intramolecular Hbond substituents is 3. The number of aromatic hydroxyl groups is 3. The minimum absolute atomic E-state index is 0.289. The fourth-order valence-electron chi connectivity index (χ4n) is 1.61. The number of benzene rings is 2. The van der Waals surface area contributed by atoms with Crippen molar-refractivity contribution in [3.8, 4) is 17.2 Å². The molecule has 7 heteroatoms. The largest absolute Gasteiger partial charge is 0.504 e. The fraction of sp³-hybridized carbons (Fsp3) is 0.0588. The van der Waals surface area contributed by atoms with Crippen molar-refractivity contribution in [2.24, 2.45) is 0 Å². The molecule has 0 aliphatic rings. The van der Waals surface area contributed by atoms with E-state index in [1.54, 1.807) is 0 Å². The third-order valence-corrected chi connectivity index (χ3v) is 2.87. The van der Waals surface area contributed by atoms with Crippen LogP contribution in [0, 0.1) is 0 Å². The lowest BCUT2D eigenvalue weighted by molar-refractivity contribution is -0.133. The van der Waals surface area contributed by atoms with Gasteiger partial charge in [0.15, 0.2) is 17.2 Å². The van der Waals surface area contributed by atoms with Gasteiger partial charge in [0.25, 0.3) is 0 Å². The molecule has 126 valence electrons. The van der Waals surface area contributed by atoms with Gasteiger partial charge in [0, 0.05) is 0 Å². The number of hydrogen-bond donors (Lipinski definition) is 4. The first-order valence-corrected chi connectivity index (χ1v) is 6.58. The van der Waals surface area contributed by atoms with Crippen LogP contribution in [-0.2, 0) is 9.53 Å². The van der Waals surface area contributed by atoms with Gasteiger partial charge < -0.3 is 25.2 Å². The number of carbonyl (C=O) groups is 2. The van der Waals surface area contributed by atoms with E-state index in [9.17, 15) is 9.59 Å². The molecule has 0 saturated carbocycles. The molecule has 0 bridgehead atoms.